The number of rotatable bonds is 49. The number of hydrogen-bond acceptors (Lipinski definition) is 19. The fourth-order valence-corrected chi connectivity index (χ4v) is 12.4. The number of aliphatic hydroxyl groups excluding tert-OH is 1. The molecule has 2 heterocycles. The molecule has 2 aromatic carbocycles. The maximum atomic E-state index is 14.8. The second-order valence-electron chi connectivity index (χ2n) is 27.8. The first-order valence-corrected chi connectivity index (χ1v) is 38.2. The van der Waals surface area contributed by atoms with Crippen molar-refractivity contribution in [2.75, 3.05) is 38.2 Å². The molecule has 1 aromatic heterocycles. The highest BCUT2D eigenvalue weighted by Crippen LogP contribution is 2.22. The number of aromatic amines is 1. The highest BCUT2D eigenvalue weighted by atomic mass is 32.2. The summed E-state index contributed by atoms with van der Waals surface area (Å²) < 4.78 is 0. The summed E-state index contributed by atoms with van der Waals surface area (Å²) in [7, 11) is 0. The van der Waals surface area contributed by atoms with Gasteiger partial charge in [-0.25, -0.2) is 4.79 Å². The van der Waals surface area contributed by atoms with Gasteiger partial charge in [0.05, 0.1) is 32.0 Å². The minimum Gasteiger partial charge on any atom is -0.480 e. The Morgan fingerprint density at radius 2 is 1.00 bits per heavy atom. The van der Waals surface area contributed by atoms with Gasteiger partial charge in [0.15, 0.2) is 0 Å². The molecule has 0 aliphatic carbocycles. The Morgan fingerprint density at radius 1 is 0.528 bits per heavy atom. The van der Waals surface area contributed by atoms with Gasteiger partial charge in [-0.05, 0) is 111 Å². The number of carboxylic acids is 1. The first-order valence-electron chi connectivity index (χ1n) is 36.8. The maximum absolute atomic E-state index is 14.8. The third-order valence-electron chi connectivity index (χ3n) is 18.9. The molecule has 34 nitrogen and oxygen atoms in total. The molecule has 598 valence electrons. The van der Waals surface area contributed by atoms with Crippen molar-refractivity contribution in [3.8, 4) is 0 Å². The first kappa shape index (κ1) is 90.7. The lowest BCUT2D eigenvalue weighted by Gasteiger charge is -2.31. The molecule has 15 atom stereocenters. The maximum Gasteiger partial charge on any atom is 0.326 e. The van der Waals surface area contributed by atoms with Gasteiger partial charge < -0.3 is 102 Å². The van der Waals surface area contributed by atoms with Crippen LogP contribution in [0, 0.1) is 23.7 Å². The number of thioether (sulfide) groups is 1. The Balaban J connectivity index is 1.52. The smallest absolute Gasteiger partial charge is 0.326 e. The van der Waals surface area contributed by atoms with Crippen molar-refractivity contribution in [3.05, 3.63) is 71.9 Å². The number of H-pyrrole nitrogens is 1. The van der Waals surface area contributed by atoms with Gasteiger partial charge in [-0.15, -0.1) is 0 Å². The molecule has 0 saturated carbocycles. The lowest BCUT2D eigenvalue weighted by Crippen LogP contribution is -2.62. The summed E-state index contributed by atoms with van der Waals surface area (Å²) in [5.74, 6) is -15.8. The molecule has 0 spiro atoms. The fraction of sp³-hybridized carbons (Fsp3) is 0.603. The number of nitrogens with two attached hydrogens (primary N) is 3. The van der Waals surface area contributed by atoms with Crippen molar-refractivity contribution in [2.24, 2.45) is 40.9 Å². The van der Waals surface area contributed by atoms with Crippen molar-refractivity contribution in [1.29, 1.82) is 0 Å². The van der Waals surface area contributed by atoms with Crippen LogP contribution in [-0.2, 0) is 84.8 Å². The van der Waals surface area contributed by atoms with E-state index in [1.165, 1.54) is 11.8 Å². The van der Waals surface area contributed by atoms with E-state index in [2.05, 4.69) is 74.1 Å². The average molecular weight is 1530 g/mol. The molecule has 14 amide bonds. The predicted octanol–water partition coefficient (Wildman–Crippen LogP) is -1.95. The van der Waals surface area contributed by atoms with Crippen LogP contribution >= 0.6 is 11.8 Å². The monoisotopic (exact) mass is 1530 g/mol. The molecule has 0 bridgehead atoms. The molecule has 3 aromatic rings. The number of carbonyl (C=O) groups is 15. The summed E-state index contributed by atoms with van der Waals surface area (Å²) in [6.07, 6.45) is 4.85. The number of aromatic nitrogens is 1. The molecule has 1 saturated heterocycles. The Bertz CT molecular complexity index is 3540. The number of para-hydroxylation sites is 1. The minimum absolute atomic E-state index is 0.0349. The van der Waals surface area contributed by atoms with E-state index in [-0.39, 0.29) is 56.2 Å². The summed E-state index contributed by atoms with van der Waals surface area (Å²) in [5, 5.41) is 55.0. The highest BCUT2D eigenvalue weighted by Gasteiger charge is 2.40. The number of carbonyl (C=O) groups excluding carboxylic acids is 14. The topological polar surface area (TPSA) is 547 Å². The van der Waals surface area contributed by atoms with Crippen LogP contribution < -0.4 is 86.3 Å². The second-order valence-corrected chi connectivity index (χ2v) is 28.8. The van der Waals surface area contributed by atoms with Crippen molar-refractivity contribution in [1.82, 2.24) is 74.1 Å². The number of benzene rings is 2. The number of amides is 14. The van der Waals surface area contributed by atoms with Crippen molar-refractivity contribution >= 4 is 111 Å². The first-order chi connectivity index (χ1) is 51.3. The summed E-state index contributed by atoms with van der Waals surface area (Å²) in [5.41, 5.74) is 18.5. The fourth-order valence-electron chi connectivity index (χ4n) is 11.9. The van der Waals surface area contributed by atoms with E-state index in [0.717, 1.165) is 17.3 Å². The van der Waals surface area contributed by atoms with Gasteiger partial charge in [0.1, 0.15) is 66.5 Å². The van der Waals surface area contributed by atoms with Gasteiger partial charge in [-0.2, -0.15) is 11.8 Å². The van der Waals surface area contributed by atoms with Gasteiger partial charge in [0.2, 0.25) is 82.7 Å². The number of hydrogen-bond donors (Lipinski definition) is 19. The zero-order chi connectivity index (χ0) is 80.3. The quantitative estimate of drug-likeness (QED) is 0.0273. The van der Waals surface area contributed by atoms with Crippen LogP contribution in [0.5, 0.6) is 0 Å². The SMILES string of the molecule is CC[C@H](C)[C@H](NC(=O)[C@H](CC(N)=O)NC(=O)[C@H](CCSC)NC(=O)[C@H](CC(N)=O)NC(=O)CNC(=O)[C@H](CO)NC(=O)[C@H](Cc1ccccc1)NC(=O)[C@@H](NC(=O)[C@@H](NC(=O)[C@H](Cc1c[nH]c2ccccc12)NC(=O)[C@H](CC(C)C)NC(=O)[C@@H]1CCCN1)[C@@H](C)CC)[C@@H](C)CC)C(=O)N[C@@H](CCCCN)C(=O)O. The van der Waals surface area contributed by atoms with E-state index in [9.17, 15) is 82.1 Å². The molecule has 0 unspecified atom stereocenters. The van der Waals surface area contributed by atoms with Crippen LogP contribution in [0.25, 0.3) is 10.9 Å². The highest BCUT2D eigenvalue weighted by molar-refractivity contribution is 7.98. The third-order valence-corrected chi connectivity index (χ3v) is 19.5. The zero-order valence-corrected chi connectivity index (χ0v) is 63.9. The average Bonchev–Trinajstić information content (AvgIpc) is 1.66. The molecular weight excluding hydrogens is 1420 g/mol. The summed E-state index contributed by atoms with van der Waals surface area (Å²) in [6, 6.07) is -0.797. The van der Waals surface area contributed by atoms with Gasteiger partial charge in [-0.1, -0.05) is 123 Å². The third kappa shape index (κ3) is 29.8. The summed E-state index contributed by atoms with van der Waals surface area (Å²) in [4.78, 5) is 209. The van der Waals surface area contributed by atoms with E-state index < -0.39 is 199 Å². The Hall–Kier alpha value is -9.74. The molecule has 22 N–H and O–H groups in total. The van der Waals surface area contributed by atoms with E-state index in [1.807, 2.05) is 38.1 Å². The Kier molecular flexibility index (Phi) is 39.0. The van der Waals surface area contributed by atoms with Crippen LogP contribution in [0.15, 0.2) is 60.8 Å². The van der Waals surface area contributed by atoms with E-state index in [4.69, 9.17) is 17.2 Å². The molecule has 0 radical (unpaired) electrons. The molecule has 4 rings (SSSR count). The molecular formula is C73H113N17O17S. The van der Waals surface area contributed by atoms with Gasteiger partial charge >= 0.3 is 5.97 Å². The Morgan fingerprint density at radius 3 is 1.54 bits per heavy atom. The molecule has 1 aliphatic heterocycles. The molecule has 35 heteroatoms. The van der Waals surface area contributed by atoms with Crippen molar-refractivity contribution in [2.45, 2.75) is 218 Å². The van der Waals surface area contributed by atoms with Crippen molar-refractivity contribution in [3.63, 3.8) is 0 Å². The number of primary amides is 2. The second kappa shape index (κ2) is 46.5. The van der Waals surface area contributed by atoms with E-state index in [1.54, 1.807) is 84.3 Å². The zero-order valence-electron chi connectivity index (χ0n) is 63.1. The van der Waals surface area contributed by atoms with E-state index in [0.29, 0.717) is 56.2 Å². The number of nitrogens with one attached hydrogen (secondary N) is 14. The van der Waals surface area contributed by atoms with Crippen molar-refractivity contribution < 1.29 is 82.1 Å². The molecule has 1 fully saturated rings. The minimum atomic E-state index is -1.82. The number of unbranched alkanes of at least 4 members (excludes halogenated alkanes) is 1. The van der Waals surface area contributed by atoms with Crippen LogP contribution in [0.2, 0.25) is 0 Å². The lowest BCUT2D eigenvalue weighted by atomic mass is 9.94. The van der Waals surface area contributed by atoms with Crippen LogP contribution in [0.1, 0.15) is 144 Å². The number of aliphatic carboxylic acids is 1. The molecule has 108 heavy (non-hydrogen) atoms. The van der Waals surface area contributed by atoms with Gasteiger partial charge in [0.25, 0.3) is 0 Å². The largest absolute Gasteiger partial charge is 0.480 e. The summed E-state index contributed by atoms with van der Waals surface area (Å²) in [6.45, 7) is 13.0. The normalized spacial score (nSPS) is 16.5. The number of carboxylic acid groups (broad SMARTS) is 1. The van der Waals surface area contributed by atoms with Crippen LogP contribution in [0.3, 0.4) is 0 Å². The lowest BCUT2D eigenvalue weighted by molar-refractivity contribution is -0.143. The molecule has 1 aliphatic rings. The number of fused-ring (bicyclic) bond motifs is 1. The van der Waals surface area contributed by atoms with E-state index >= 15 is 0 Å². The van der Waals surface area contributed by atoms with Gasteiger partial charge in [0, 0.05) is 29.9 Å². The van der Waals surface area contributed by atoms with Crippen LogP contribution in [0.4, 0.5) is 0 Å². The van der Waals surface area contributed by atoms with Crippen LogP contribution in [-0.4, -0.2) is 215 Å². The predicted molar refractivity (Wildman–Crippen MR) is 403 cm³/mol. The Labute approximate surface area is 633 Å². The summed E-state index contributed by atoms with van der Waals surface area (Å²) >= 11 is 1.24. The van der Waals surface area contributed by atoms with Gasteiger partial charge in [-0.3, -0.25) is 67.1 Å². The number of aliphatic hydroxyl groups is 1. The standard InChI is InChI=1S/C73H113N17O17S/c1-10-40(6)59(70(103)82-49(73(106)107)25-18-19-28-74)88-69(102)54(35-57(76)93)85-64(97)48(27-30-108-9)81-67(100)53(34-56(75)92)80-58(94)37-79-62(95)55(38-91)87-66(99)51(32-43-21-14-13-15-22-43)86-71(104)60(41(7)11-2)90-72(105)61(42(8)12-3)89-68(101)52(33-44-36-78-46-24-17-16-23-45(44)46)84-65(98)50(31-39(4)5)83-63(96)47-26-20-29-77-47/h13-17,21-24,36,39-42,47-55,59-61,77-78,91H,10-12,18-20,25-35,37-38,74H2,1-9H3,(H2,75,92)(H2,76,93)(H,79,95)(H,80,94)(H,81,100)(H,82,103)(H,83,96)(H,84,98)(H,85,97)(H,86,104)(H,87,99)(H,88,102)(H,89,101)(H,90,105)(H,106,107)/t40-,41-,42-,47-,48-,49-,50-,51-,52-,53-,54-,55-,59-,60-,61-/m0/s1.